The number of allylic oxidation sites excluding steroid dienone is 1. The van der Waals surface area contributed by atoms with Crippen LogP contribution < -0.4 is 4.74 Å². The van der Waals surface area contributed by atoms with Crippen molar-refractivity contribution in [3.8, 4) is 11.8 Å². The quantitative estimate of drug-likeness (QED) is 0.434. The van der Waals surface area contributed by atoms with Gasteiger partial charge in [-0.05, 0) is 59.2 Å². The molecule has 0 radical (unpaired) electrons. The zero-order valence-corrected chi connectivity index (χ0v) is 15.6. The van der Waals surface area contributed by atoms with Crippen LogP contribution in [0.1, 0.15) is 27.0 Å². The molecule has 0 amide bonds. The smallest absolute Gasteiger partial charge is 0.335 e. The van der Waals surface area contributed by atoms with Gasteiger partial charge in [0.05, 0.1) is 17.2 Å². The minimum absolute atomic E-state index is 0.244. The van der Waals surface area contributed by atoms with Crippen molar-refractivity contribution in [2.24, 2.45) is 0 Å². The first-order valence-electron chi connectivity index (χ1n) is 8.48. The van der Waals surface area contributed by atoms with Crippen LogP contribution >= 0.6 is 11.6 Å². The first kappa shape index (κ1) is 19.2. The van der Waals surface area contributed by atoms with Crippen LogP contribution in [0.4, 0.5) is 0 Å². The molecule has 0 heterocycles. The number of halogens is 1. The maximum absolute atomic E-state index is 10.9. The lowest BCUT2D eigenvalue weighted by Gasteiger charge is -2.07. The van der Waals surface area contributed by atoms with E-state index in [1.165, 1.54) is 0 Å². The Morgan fingerprint density at radius 2 is 1.57 bits per heavy atom. The van der Waals surface area contributed by atoms with Crippen molar-refractivity contribution in [3.63, 3.8) is 0 Å². The molecule has 28 heavy (non-hydrogen) atoms. The van der Waals surface area contributed by atoms with Crippen LogP contribution in [0.25, 0.3) is 11.6 Å². The van der Waals surface area contributed by atoms with Crippen molar-refractivity contribution in [2.75, 3.05) is 0 Å². The third-order valence-corrected chi connectivity index (χ3v) is 4.33. The Labute approximate surface area is 167 Å². The summed E-state index contributed by atoms with van der Waals surface area (Å²) in [6.07, 6.45) is 1.80. The first-order chi connectivity index (χ1) is 13.5. The van der Waals surface area contributed by atoms with Crippen LogP contribution in [-0.2, 0) is 6.61 Å². The fourth-order valence-electron chi connectivity index (χ4n) is 2.55. The molecule has 3 aromatic carbocycles. The molecule has 0 saturated heterocycles. The average molecular weight is 390 g/mol. The number of aromatic carboxylic acids is 1. The number of ether oxygens (including phenoxy) is 1. The lowest BCUT2D eigenvalue weighted by molar-refractivity contribution is 0.0697. The summed E-state index contributed by atoms with van der Waals surface area (Å²) in [4.78, 5) is 10.9. The predicted octanol–water partition coefficient (Wildman–Crippen LogP) is 5.68. The van der Waals surface area contributed by atoms with Crippen LogP contribution in [0.15, 0.2) is 72.8 Å². The number of benzene rings is 3. The molecule has 0 bridgehead atoms. The molecule has 0 aromatic heterocycles. The molecular weight excluding hydrogens is 374 g/mol. The summed E-state index contributed by atoms with van der Waals surface area (Å²) in [5.41, 5.74) is 3.35. The minimum atomic E-state index is -0.952. The number of nitrogens with zero attached hydrogens (tertiary/aromatic N) is 1. The summed E-state index contributed by atoms with van der Waals surface area (Å²) in [7, 11) is 0. The minimum Gasteiger partial charge on any atom is -0.489 e. The molecule has 0 saturated carbocycles. The molecule has 0 aliphatic carbocycles. The van der Waals surface area contributed by atoms with E-state index in [1.807, 2.05) is 36.4 Å². The molecule has 5 heteroatoms. The Kier molecular flexibility index (Phi) is 6.11. The van der Waals surface area contributed by atoms with Gasteiger partial charge in [0, 0.05) is 5.02 Å². The summed E-state index contributed by atoms with van der Waals surface area (Å²) in [6.45, 7) is 0.337. The fourth-order valence-corrected chi connectivity index (χ4v) is 2.67. The number of hydrogen-bond acceptors (Lipinski definition) is 3. The Balaban J connectivity index is 1.66. The molecule has 138 valence electrons. The van der Waals surface area contributed by atoms with E-state index in [2.05, 4.69) is 6.07 Å². The lowest BCUT2D eigenvalue weighted by Crippen LogP contribution is -1.98. The summed E-state index contributed by atoms with van der Waals surface area (Å²) < 4.78 is 5.73. The highest BCUT2D eigenvalue weighted by Gasteiger charge is 2.04. The molecule has 0 atom stereocenters. The second-order valence-corrected chi connectivity index (χ2v) is 6.47. The van der Waals surface area contributed by atoms with Gasteiger partial charge in [0.25, 0.3) is 0 Å². The number of nitriles is 1. The van der Waals surface area contributed by atoms with Crippen LogP contribution in [0.3, 0.4) is 0 Å². The number of carboxylic acids is 1. The highest BCUT2D eigenvalue weighted by molar-refractivity contribution is 6.30. The third-order valence-electron chi connectivity index (χ3n) is 4.07. The van der Waals surface area contributed by atoms with E-state index >= 15 is 0 Å². The monoisotopic (exact) mass is 389 g/mol. The van der Waals surface area contributed by atoms with Gasteiger partial charge in [-0.3, -0.25) is 0 Å². The highest BCUT2D eigenvalue weighted by Crippen LogP contribution is 2.21. The maximum atomic E-state index is 10.9. The highest BCUT2D eigenvalue weighted by atomic mass is 35.5. The molecule has 4 nitrogen and oxygen atoms in total. The summed E-state index contributed by atoms with van der Waals surface area (Å²) >= 11 is 5.89. The van der Waals surface area contributed by atoms with Gasteiger partial charge in [0.15, 0.2) is 0 Å². The van der Waals surface area contributed by atoms with Crippen molar-refractivity contribution in [1.82, 2.24) is 0 Å². The molecule has 0 spiro atoms. The van der Waals surface area contributed by atoms with Gasteiger partial charge >= 0.3 is 5.97 Å². The molecule has 0 fully saturated rings. The van der Waals surface area contributed by atoms with E-state index < -0.39 is 5.97 Å². The summed E-state index contributed by atoms with van der Waals surface area (Å²) in [5.74, 6) is -0.268. The predicted molar refractivity (Wildman–Crippen MR) is 109 cm³/mol. The van der Waals surface area contributed by atoms with E-state index in [-0.39, 0.29) is 5.56 Å². The fraction of sp³-hybridized carbons (Fsp3) is 0.0435. The van der Waals surface area contributed by atoms with Crippen molar-refractivity contribution >= 4 is 29.2 Å². The Bertz CT molecular complexity index is 1030. The van der Waals surface area contributed by atoms with Crippen molar-refractivity contribution in [3.05, 3.63) is 100 Å². The number of rotatable bonds is 6. The molecule has 1 N–H and O–H groups in total. The van der Waals surface area contributed by atoms with Gasteiger partial charge in [-0.15, -0.1) is 0 Å². The summed E-state index contributed by atoms with van der Waals surface area (Å²) in [5, 5.41) is 19.0. The lowest BCUT2D eigenvalue weighted by atomic mass is 10.0. The van der Waals surface area contributed by atoms with E-state index in [0.29, 0.717) is 23.0 Å². The number of carboxylic acid groups (broad SMARTS) is 1. The SMILES string of the molecule is N#C/C(=C\c1ccc(OCc2ccc(C(=O)O)cc2)cc1)c1ccc(Cl)cc1. The van der Waals surface area contributed by atoms with Crippen LogP contribution in [-0.4, -0.2) is 11.1 Å². The second-order valence-electron chi connectivity index (χ2n) is 6.04. The van der Waals surface area contributed by atoms with E-state index in [4.69, 9.17) is 21.4 Å². The van der Waals surface area contributed by atoms with Crippen LogP contribution in [0, 0.1) is 11.3 Å². The first-order valence-corrected chi connectivity index (χ1v) is 8.86. The molecular formula is C23H16ClNO3. The van der Waals surface area contributed by atoms with Gasteiger partial charge in [-0.2, -0.15) is 5.26 Å². The zero-order valence-electron chi connectivity index (χ0n) is 14.8. The van der Waals surface area contributed by atoms with Gasteiger partial charge < -0.3 is 9.84 Å². The molecule has 0 unspecified atom stereocenters. The maximum Gasteiger partial charge on any atom is 0.335 e. The van der Waals surface area contributed by atoms with Gasteiger partial charge in [0.2, 0.25) is 0 Å². The normalized spacial score (nSPS) is 10.9. The number of carbonyl (C=O) groups is 1. The van der Waals surface area contributed by atoms with Crippen molar-refractivity contribution in [2.45, 2.75) is 6.61 Å². The Hall–Kier alpha value is -3.55. The standard InChI is InChI=1S/C23H16ClNO3/c24-21-9-7-18(8-10-21)20(14-25)13-16-3-11-22(12-4-16)28-15-17-1-5-19(6-2-17)23(26)27/h1-13H,15H2,(H,26,27)/b20-13+. The zero-order chi connectivity index (χ0) is 19.9. The Morgan fingerprint density at radius 3 is 2.14 bits per heavy atom. The molecule has 3 aromatic rings. The number of hydrogen-bond donors (Lipinski definition) is 1. The van der Waals surface area contributed by atoms with E-state index in [0.717, 1.165) is 16.7 Å². The van der Waals surface area contributed by atoms with Gasteiger partial charge in [0.1, 0.15) is 12.4 Å². The Morgan fingerprint density at radius 1 is 0.964 bits per heavy atom. The van der Waals surface area contributed by atoms with Crippen LogP contribution in [0.5, 0.6) is 5.75 Å². The van der Waals surface area contributed by atoms with Crippen LogP contribution in [0.2, 0.25) is 5.02 Å². The van der Waals surface area contributed by atoms with E-state index in [9.17, 15) is 10.1 Å². The van der Waals surface area contributed by atoms with Gasteiger partial charge in [-0.1, -0.05) is 48.0 Å². The second kappa shape index (κ2) is 8.90. The molecule has 0 aliphatic rings. The van der Waals surface area contributed by atoms with Gasteiger partial charge in [-0.25, -0.2) is 4.79 Å². The van der Waals surface area contributed by atoms with E-state index in [1.54, 1.807) is 42.5 Å². The molecule has 0 aliphatic heterocycles. The molecule has 3 rings (SSSR count). The van der Waals surface area contributed by atoms with Crippen molar-refractivity contribution in [1.29, 1.82) is 5.26 Å². The summed E-state index contributed by atoms with van der Waals surface area (Å²) in [6, 6.07) is 23.3. The topological polar surface area (TPSA) is 70.3 Å². The third kappa shape index (κ3) is 5.00. The average Bonchev–Trinajstić information content (AvgIpc) is 2.72. The largest absolute Gasteiger partial charge is 0.489 e. The van der Waals surface area contributed by atoms with Crippen molar-refractivity contribution < 1.29 is 14.6 Å².